The van der Waals surface area contributed by atoms with E-state index in [0.717, 1.165) is 19.4 Å². The van der Waals surface area contributed by atoms with Gasteiger partial charge < -0.3 is 9.47 Å². The Kier molecular flexibility index (Phi) is 5.01. The van der Waals surface area contributed by atoms with Gasteiger partial charge >= 0.3 is 5.97 Å². The highest BCUT2D eigenvalue weighted by molar-refractivity contribution is 5.81. The monoisotopic (exact) mass is 255 g/mol. The highest BCUT2D eigenvalue weighted by Gasteiger charge is 2.42. The molecule has 1 heterocycles. The summed E-state index contributed by atoms with van der Waals surface area (Å²) in [5, 5.41) is 3.56. The van der Waals surface area contributed by atoms with Crippen molar-refractivity contribution in [3.05, 3.63) is 0 Å². The van der Waals surface area contributed by atoms with E-state index in [9.17, 15) is 4.79 Å². The molecule has 1 aliphatic carbocycles. The summed E-state index contributed by atoms with van der Waals surface area (Å²) in [7, 11) is 1.47. The first-order valence-electron chi connectivity index (χ1n) is 7.21. The largest absolute Gasteiger partial charge is 0.468 e. The first kappa shape index (κ1) is 13.8. The van der Waals surface area contributed by atoms with E-state index < -0.39 is 5.54 Å². The number of ether oxygens (including phenoxy) is 2. The second-order valence-corrected chi connectivity index (χ2v) is 5.56. The lowest BCUT2D eigenvalue weighted by Crippen LogP contribution is -2.60. The minimum absolute atomic E-state index is 0.161. The Labute approximate surface area is 109 Å². The number of hydrogen-bond acceptors (Lipinski definition) is 4. The number of rotatable bonds is 3. The lowest BCUT2D eigenvalue weighted by molar-refractivity contribution is -0.155. The van der Waals surface area contributed by atoms with Crippen LogP contribution in [0.15, 0.2) is 0 Å². The highest BCUT2D eigenvalue weighted by atomic mass is 16.5. The maximum absolute atomic E-state index is 12.1. The predicted molar refractivity (Wildman–Crippen MR) is 69.4 cm³/mol. The van der Waals surface area contributed by atoms with Gasteiger partial charge in [-0.25, -0.2) is 4.79 Å². The Hall–Kier alpha value is -0.610. The second-order valence-electron chi connectivity index (χ2n) is 5.56. The second kappa shape index (κ2) is 6.53. The smallest absolute Gasteiger partial charge is 0.328 e. The zero-order valence-electron chi connectivity index (χ0n) is 11.4. The average molecular weight is 255 g/mol. The third kappa shape index (κ3) is 3.23. The van der Waals surface area contributed by atoms with Crippen LogP contribution in [0.3, 0.4) is 0 Å². The van der Waals surface area contributed by atoms with E-state index in [1.807, 2.05) is 0 Å². The molecule has 1 saturated heterocycles. The van der Waals surface area contributed by atoms with Gasteiger partial charge in [0.15, 0.2) is 0 Å². The quantitative estimate of drug-likeness (QED) is 0.619. The average Bonchev–Trinajstić information content (AvgIpc) is 2.67. The van der Waals surface area contributed by atoms with Gasteiger partial charge in [0.25, 0.3) is 0 Å². The standard InChI is InChI=1S/C14H25NO3/c1-17-13(16)14(9-6-10-18-11-14)15-12-7-4-2-3-5-8-12/h12,15H,2-11H2,1H3. The Bertz CT molecular complexity index is 266. The van der Waals surface area contributed by atoms with Crippen molar-refractivity contribution in [3.8, 4) is 0 Å². The van der Waals surface area contributed by atoms with E-state index in [1.165, 1.54) is 45.6 Å². The number of methoxy groups -OCH3 is 1. The predicted octanol–water partition coefficient (Wildman–Crippen LogP) is 2.02. The fourth-order valence-corrected chi connectivity index (χ4v) is 3.14. The van der Waals surface area contributed by atoms with Gasteiger partial charge in [-0.2, -0.15) is 0 Å². The van der Waals surface area contributed by atoms with Crippen LogP contribution in [0.25, 0.3) is 0 Å². The Balaban J connectivity index is 2.01. The van der Waals surface area contributed by atoms with Gasteiger partial charge in [-0.1, -0.05) is 25.7 Å². The van der Waals surface area contributed by atoms with Crippen LogP contribution in [0.2, 0.25) is 0 Å². The van der Waals surface area contributed by atoms with Crippen LogP contribution >= 0.6 is 0 Å². The molecule has 2 rings (SSSR count). The molecular weight excluding hydrogens is 230 g/mol. The van der Waals surface area contributed by atoms with Crippen molar-refractivity contribution in [1.82, 2.24) is 5.32 Å². The summed E-state index contributed by atoms with van der Waals surface area (Å²) in [6.45, 7) is 1.21. The molecule has 1 atom stereocenters. The molecule has 4 nitrogen and oxygen atoms in total. The molecule has 0 aromatic heterocycles. The van der Waals surface area contributed by atoms with Crippen molar-refractivity contribution in [2.24, 2.45) is 0 Å². The van der Waals surface area contributed by atoms with Gasteiger partial charge in [-0.3, -0.25) is 5.32 Å². The molecule has 1 N–H and O–H groups in total. The van der Waals surface area contributed by atoms with E-state index in [-0.39, 0.29) is 5.97 Å². The van der Waals surface area contributed by atoms with Gasteiger partial charge in [-0.15, -0.1) is 0 Å². The van der Waals surface area contributed by atoms with E-state index in [4.69, 9.17) is 9.47 Å². The summed E-state index contributed by atoms with van der Waals surface area (Å²) in [5.74, 6) is -0.161. The summed E-state index contributed by atoms with van der Waals surface area (Å²) in [6, 6.07) is 0.438. The van der Waals surface area contributed by atoms with Gasteiger partial charge in [-0.05, 0) is 25.7 Å². The van der Waals surface area contributed by atoms with Crippen molar-refractivity contribution in [2.45, 2.75) is 62.9 Å². The van der Waals surface area contributed by atoms with Crippen LogP contribution in [0, 0.1) is 0 Å². The Morgan fingerprint density at radius 2 is 1.94 bits per heavy atom. The summed E-state index contributed by atoms with van der Waals surface area (Å²) in [4.78, 5) is 12.1. The van der Waals surface area contributed by atoms with Gasteiger partial charge in [0.2, 0.25) is 0 Å². The van der Waals surface area contributed by atoms with Crippen LogP contribution in [-0.2, 0) is 14.3 Å². The van der Waals surface area contributed by atoms with Crippen molar-refractivity contribution in [2.75, 3.05) is 20.3 Å². The molecule has 0 amide bonds. The molecule has 2 aliphatic rings. The summed E-state index contributed by atoms with van der Waals surface area (Å²) >= 11 is 0. The van der Waals surface area contributed by atoms with Crippen LogP contribution in [0.4, 0.5) is 0 Å². The number of esters is 1. The summed E-state index contributed by atoms with van der Waals surface area (Å²) in [6.07, 6.45) is 9.24. The molecule has 0 aromatic carbocycles. The number of nitrogens with one attached hydrogen (secondary N) is 1. The fraction of sp³-hybridized carbons (Fsp3) is 0.929. The third-order valence-electron chi connectivity index (χ3n) is 4.15. The van der Waals surface area contributed by atoms with Crippen molar-refractivity contribution >= 4 is 5.97 Å². The summed E-state index contributed by atoms with van der Waals surface area (Å²) in [5.41, 5.74) is -0.595. The molecule has 18 heavy (non-hydrogen) atoms. The molecule has 104 valence electrons. The molecule has 1 unspecified atom stereocenters. The van der Waals surface area contributed by atoms with Crippen molar-refractivity contribution < 1.29 is 14.3 Å². The first-order valence-corrected chi connectivity index (χ1v) is 7.21. The van der Waals surface area contributed by atoms with Gasteiger partial charge in [0, 0.05) is 12.6 Å². The van der Waals surface area contributed by atoms with E-state index in [2.05, 4.69) is 5.32 Å². The molecule has 1 aliphatic heterocycles. The van der Waals surface area contributed by atoms with Gasteiger partial charge in [0.05, 0.1) is 13.7 Å². The van der Waals surface area contributed by atoms with Crippen molar-refractivity contribution in [3.63, 3.8) is 0 Å². The zero-order chi connectivity index (χ0) is 12.8. The lowest BCUT2D eigenvalue weighted by atomic mass is 9.90. The zero-order valence-corrected chi connectivity index (χ0v) is 11.4. The molecule has 2 fully saturated rings. The number of carbonyl (C=O) groups excluding carboxylic acids is 1. The third-order valence-corrected chi connectivity index (χ3v) is 4.15. The maximum Gasteiger partial charge on any atom is 0.328 e. The SMILES string of the molecule is COC(=O)C1(NC2CCCCCC2)CCCOC1. The molecule has 1 saturated carbocycles. The van der Waals surface area contributed by atoms with Gasteiger partial charge in [0.1, 0.15) is 5.54 Å². The molecular formula is C14H25NO3. The lowest BCUT2D eigenvalue weighted by Gasteiger charge is -2.38. The molecule has 4 heteroatoms. The number of carbonyl (C=O) groups is 1. The molecule has 0 radical (unpaired) electrons. The highest BCUT2D eigenvalue weighted by Crippen LogP contribution is 2.25. The minimum atomic E-state index is -0.595. The van der Waals surface area contributed by atoms with Crippen LogP contribution in [0.5, 0.6) is 0 Å². The fourth-order valence-electron chi connectivity index (χ4n) is 3.14. The van der Waals surface area contributed by atoms with Crippen LogP contribution < -0.4 is 5.32 Å². The van der Waals surface area contributed by atoms with Crippen LogP contribution in [-0.4, -0.2) is 37.9 Å². The Morgan fingerprint density at radius 3 is 2.50 bits per heavy atom. The van der Waals surface area contributed by atoms with E-state index in [0.29, 0.717) is 12.6 Å². The minimum Gasteiger partial charge on any atom is -0.468 e. The maximum atomic E-state index is 12.1. The normalized spacial score (nSPS) is 30.7. The van der Waals surface area contributed by atoms with Crippen molar-refractivity contribution in [1.29, 1.82) is 0 Å². The molecule has 0 bridgehead atoms. The topological polar surface area (TPSA) is 47.6 Å². The Morgan fingerprint density at radius 1 is 1.22 bits per heavy atom. The first-order chi connectivity index (χ1) is 8.77. The van der Waals surface area contributed by atoms with E-state index in [1.54, 1.807) is 0 Å². The molecule has 0 aromatic rings. The summed E-state index contributed by atoms with van der Waals surface area (Å²) < 4.78 is 10.5. The molecule has 0 spiro atoms. The number of hydrogen-bond donors (Lipinski definition) is 1. The van der Waals surface area contributed by atoms with Crippen LogP contribution in [0.1, 0.15) is 51.4 Å². The van der Waals surface area contributed by atoms with E-state index >= 15 is 0 Å².